The zero-order valence-electron chi connectivity index (χ0n) is 16.3. The molecule has 4 aliphatic carbocycles. The van der Waals surface area contributed by atoms with E-state index in [1.807, 2.05) is 0 Å². The summed E-state index contributed by atoms with van der Waals surface area (Å²) in [5.74, 6) is 0.367. The Bertz CT molecular complexity index is 1160. The summed E-state index contributed by atoms with van der Waals surface area (Å²) in [6.07, 6.45) is 5.44. The molecule has 3 fully saturated rings. The maximum Gasteiger partial charge on any atom is 0.255 e. The van der Waals surface area contributed by atoms with Gasteiger partial charge in [0.1, 0.15) is 0 Å². The second-order valence-corrected chi connectivity index (χ2v) is 10.1. The fraction of sp³-hybridized carbons (Fsp3) is 0.292. The molecule has 156 valence electrons. The Morgan fingerprint density at radius 1 is 1.00 bits per heavy atom. The molecule has 2 bridgehead atoms. The summed E-state index contributed by atoms with van der Waals surface area (Å²) >= 11 is 9.43. The number of carbonyl (C=O) groups is 3. The Kier molecular flexibility index (Phi) is 4.21. The molecule has 1 saturated heterocycles. The molecule has 7 rings (SSSR count). The van der Waals surface area contributed by atoms with Crippen LogP contribution in [0, 0.1) is 35.5 Å². The Hall–Kier alpha value is -2.44. The second kappa shape index (κ2) is 6.78. The number of rotatable bonds is 3. The first kappa shape index (κ1) is 19.3. The minimum absolute atomic E-state index is 0.128. The van der Waals surface area contributed by atoms with E-state index in [1.54, 1.807) is 42.5 Å². The lowest BCUT2D eigenvalue weighted by atomic mass is 9.63. The lowest BCUT2D eigenvalue weighted by Crippen LogP contribution is -2.40. The first-order valence-electron chi connectivity index (χ1n) is 10.4. The van der Waals surface area contributed by atoms with Crippen molar-refractivity contribution < 1.29 is 14.4 Å². The third-order valence-corrected chi connectivity index (χ3v) is 8.44. The summed E-state index contributed by atoms with van der Waals surface area (Å²) in [5, 5.41) is 3.30. The normalized spacial score (nSPS) is 32.1. The fourth-order valence-electron chi connectivity index (χ4n) is 5.77. The van der Waals surface area contributed by atoms with Gasteiger partial charge in [0.2, 0.25) is 11.8 Å². The van der Waals surface area contributed by atoms with E-state index in [0.29, 0.717) is 33.8 Å². The van der Waals surface area contributed by atoms with E-state index < -0.39 is 0 Å². The van der Waals surface area contributed by atoms with Gasteiger partial charge in [-0.15, -0.1) is 0 Å². The fourth-order valence-corrected chi connectivity index (χ4v) is 6.20. The quantitative estimate of drug-likeness (QED) is 0.484. The Balaban J connectivity index is 1.28. The number of hydrogen-bond donors (Lipinski definition) is 1. The monoisotopic (exact) mass is 496 g/mol. The van der Waals surface area contributed by atoms with Crippen molar-refractivity contribution in [2.75, 3.05) is 10.2 Å². The minimum Gasteiger partial charge on any atom is -0.322 e. The Morgan fingerprint density at radius 2 is 1.68 bits per heavy atom. The second-order valence-electron chi connectivity index (χ2n) is 8.80. The van der Waals surface area contributed by atoms with Gasteiger partial charge in [-0.25, -0.2) is 4.90 Å². The van der Waals surface area contributed by atoms with Crippen LogP contribution in [0.4, 0.5) is 11.4 Å². The van der Waals surface area contributed by atoms with E-state index in [0.717, 1.165) is 10.9 Å². The molecule has 1 N–H and O–H groups in total. The summed E-state index contributed by atoms with van der Waals surface area (Å²) in [6, 6.07) is 11.8. The maximum atomic E-state index is 13.3. The molecule has 0 spiro atoms. The molecule has 7 heteroatoms. The summed E-state index contributed by atoms with van der Waals surface area (Å²) in [7, 11) is 0. The largest absolute Gasteiger partial charge is 0.322 e. The zero-order valence-corrected chi connectivity index (χ0v) is 18.6. The molecule has 5 nitrogen and oxygen atoms in total. The maximum absolute atomic E-state index is 13.3. The van der Waals surface area contributed by atoms with E-state index in [4.69, 9.17) is 11.6 Å². The summed E-state index contributed by atoms with van der Waals surface area (Å²) in [4.78, 5) is 40.7. The molecular formula is C24H18BrClN2O3. The van der Waals surface area contributed by atoms with Crippen LogP contribution in [0.1, 0.15) is 16.8 Å². The van der Waals surface area contributed by atoms with Crippen LogP contribution in [0.15, 0.2) is 59.1 Å². The average molecular weight is 498 g/mol. The zero-order chi connectivity index (χ0) is 21.4. The summed E-state index contributed by atoms with van der Waals surface area (Å²) < 4.78 is 0.739. The number of imide groups is 1. The highest BCUT2D eigenvalue weighted by Gasteiger charge is 2.67. The molecule has 1 aliphatic heterocycles. The van der Waals surface area contributed by atoms with Gasteiger partial charge < -0.3 is 5.32 Å². The van der Waals surface area contributed by atoms with Crippen LogP contribution in [0.2, 0.25) is 5.02 Å². The van der Waals surface area contributed by atoms with Gasteiger partial charge in [-0.3, -0.25) is 14.4 Å². The highest BCUT2D eigenvalue weighted by atomic mass is 79.9. The van der Waals surface area contributed by atoms with Crippen LogP contribution in [-0.2, 0) is 9.59 Å². The highest BCUT2D eigenvalue weighted by Crippen LogP contribution is 2.65. The molecule has 0 radical (unpaired) electrons. The lowest BCUT2D eigenvalue weighted by molar-refractivity contribution is -0.124. The predicted molar refractivity (Wildman–Crippen MR) is 121 cm³/mol. The average Bonchev–Trinajstić information content (AvgIpc) is 3.54. The number of carbonyl (C=O) groups excluding carboxylic acids is 3. The third-order valence-electron chi connectivity index (χ3n) is 7.21. The van der Waals surface area contributed by atoms with Crippen LogP contribution in [0.3, 0.4) is 0 Å². The first-order valence-corrected chi connectivity index (χ1v) is 11.5. The summed E-state index contributed by atoms with van der Waals surface area (Å²) in [5.41, 5.74) is 1.39. The van der Waals surface area contributed by atoms with E-state index in [-0.39, 0.29) is 41.4 Å². The number of allylic oxidation sites excluding steroid dienone is 2. The summed E-state index contributed by atoms with van der Waals surface area (Å²) in [6.45, 7) is 0. The number of anilines is 2. The van der Waals surface area contributed by atoms with Crippen LogP contribution in [0.25, 0.3) is 0 Å². The van der Waals surface area contributed by atoms with Gasteiger partial charge in [-0.2, -0.15) is 0 Å². The smallest absolute Gasteiger partial charge is 0.255 e. The van der Waals surface area contributed by atoms with Crippen LogP contribution in [-0.4, -0.2) is 17.7 Å². The topological polar surface area (TPSA) is 66.5 Å². The van der Waals surface area contributed by atoms with E-state index in [1.165, 1.54) is 4.90 Å². The van der Waals surface area contributed by atoms with Crippen molar-refractivity contribution in [3.8, 4) is 0 Å². The van der Waals surface area contributed by atoms with Crippen molar-refractivity contribution in [3.63, 3.8) is 0 Å². The molecule has 3 amide bonds. The number of amides is 3. The number of benzene rings is 2. The first-order chi connectivity index (χ1) is 14.9. The van der Waals surface area contributed by atoms with E-state index in [9.17, 15) is 14.4 Å². The molecule has 2 saturated carbocycles. The van der Waals surface area contributed by atoms with Crippen molar-refractivity contribution >= 4 is 56.6 Å². The molecule has 2 aromatic rings. The van der Waals surface area contributed by atoms with E-state index in [2.05, 4.69) is 33.4 Å². The predicted octanol–water partition coefficient (Wildman–Crippen LogP) is 4.91. The minimum atomic E-state index is -0.334. The van der Waals surface area contributed by atoms with Crippen molar-refractivity contribution in [2.24, 2.45) is 35.5 Å². The van der Waals surface area contributed by atoms with Gasteiger partial charge in [-0.05, 0) is 82.4 Å². The van der Waals surface area contributed by atoms with Gasteiger partial charge in [-0.1, -0.05) is 29.8 Å². The number of nitrogens with zero attached hydrogens (tertiary/aromatic N) is 1. The number of hydrogen-bond acceptors (Lipinski definition) is 3. The van der Waals surface area contributed by atoms with Crippen molar-refractivity contribution in [3.05, 3.63) is 69.7 Å². The molecule has 2 aromatic carbocycles. The van der Waals surface area contributed by atoms with Crippen LogP contribution in [0.5, 0.6) is 0 Å². The third kappa shape index (κ3) is 2.84. The van der Waals surface area contributed by atoms with Crippen LogP contribution >= 0.6 is 27.5 Å². The van der Waals surface area contributed by atoms with Gasteiger partial charge in [0, 0.05) is 15.7 Å². The molecule has 0 aromatic heterocycles. The molecular weight excluding hydrogens is 480 g/mol. The van der Waals surface area contributed by atoms with Gasteiger partial charge >= 0.3 is 0 Å². The van der Waals surface area contributed by atoms with Gasteiger partial charge in [0.05, 0.1) is 22.5 Å². The molecule has 0 unspecified atom stereocenters. The van der Waals surface area contributed by atoms with Crippen molar-refractivity contribution in [1.29, 1.82) is 0 Å². The molecule has 6 atom stereocenters. The van der Waals surface area contributed by atoms with Crippen molar-refractivity contribution in [2.45, 2.75) is 6.42 Å². The Morgan fingerprint density at radius 3 is 2.32 bits per heavy atom. The highest BCUT2D eigenvalue weighted by molar-refractivity contribution is 9.10. The van der Waals surface area contributed by atoms with Gasteiger partial charge in [0.25, 0.3) is 5.91 Å². The standard InChI is InChI=1S/C24H18BrClN2O3/c25-18-7-4-12(9-19(18)26)27-22(29)11-2-1-3-13(8-11)28-23(30)20-14-5-6-15(17-10-16(14)17)21(20)24(28)31/h1-9,14-17,20-21H,10H2,(H,27,29)/t14-,15-,16-,17+,20-,21+/m0/s1. The molecule has 31 heavy (non-hydrogen) atoms. The number of halogens is 2. The van der Waals surface area contributed by atoms with Crippen molar-refractivity contribution in [1.82, 2.24) is 0 Å². The van der Waals surface area contributed by atoms with Crippen LogP contribution < -0.4 is 10.2 Å². The number of nitrogens with one attached hydrogen (secondary N) is 1. The van der Waals surface area contributed by atoms with Gasteiger partial charge in [0.15, 0.2) is 0 Å². The SMILES string of the molecule is O=C(Nc1ccc(Br)c(Cl)c1)c1cccc(N2C(=O)[C@@H]3[C@H]4C=C[C@@H]([C@@H]5C[C@H]45)[C@@H]3C2=O)c1. The Labute approximate surface area is 192 Å². The molecule has 5 aliphatic rings. The van der Waals surface area contributed by atoms with E-state index >= 15 is 0 Å². The lowest BCUT2D eigenvalue weighted by Gasteiger charge is -2.37. The molecule has 1 heterocycles.